The molecular formula is C14H22N2O3. The van der Waals surface area contributed by atoms with Crippen molar-refractivity contribution in [3.05, 3.63) is 23.2 Å². The molecule has 0 spiro atoms. The molecule has 2 rings (SSSR count). The Balaban J connectivity index is 2.02. The van der Waals surface area contributed by atoms with Gasteiger partial charge in [-0.3, -0.25) is 9.69 Å². The molecular weight excluding hydrogens is 244 g/mol. The molecule has 0 bridgehead atoms. The Morgan fingerprint density at radius 3 is 2.74 bits per heavy atom. The molecule has 0 atom stereocenters. The van der Waals surface area contributed by atoms with Crippen LogP contribution in [0.15, 0.2) is 10.5 Å². The van der Waals surface area contributed by atoms with Gasteiger partial charge in [-0.2, -0.15) is 0 Å². The van der Waals surface area contributed by atoms with Crippen molar-refractivity contribution in [2.75, 3.05) is 39.3 Å². The highest BCUT2D eigenvalue weighted by molar-refractivity contribution is 5.95. The van der Waals surface area contributed by atoms with E-state index in [0.717, 1.165) is 31.8 Å². The van der Waals surface area contributed by atoms with Crippen LogP contribution in [0.4, 0.5) is 0 Å². The first-order chi connectivity index (χ1) is 9.11. The van der Waals surface area contributed by atoms with Crippen molar-refractivity contribution in [2.45, 2.75) is 20.3 Å². The normalized spacial score (nSPS) is 17.5. The summed E-state index contributed by atoms with van der Waals surface area (Å²) in [5.74, 6) is 1.52. The molecule has 2 heterocycles. The number of hydrogen-bond donors (Lipinski definition) is 1. The van der Waals surface area contributed by atoms with Crippen LogP contribution < -0.4 is 0 Å². The second kappa shape index (κ2) is 6.21. The molecule has 1 saturated heterocycles. The number of rotatable bonds is 3. The first kappa shape index (κ1) is 14.1. The van der Waals surface area contributed by atoms with Gasteiger partial charge in [0.25, 0.3) is 5.91 Å². The van der Waals surface area contributed by atoms with Gasteiger partial charge >= 0.3 is 0 Å². The number of hydrogen-bond acceptors (Lipinski definition) is 4. The molecule has 5 nitrogen and oxygen atoms in total. The lowest BCUT2D eigenvalue weighted by Crippen LogP contribution is -2.36. The van der Waals surface area contributed by atoms with Crippen LogP contribution in [-0.4, -0.2) is 60.1 Å². The van der Waals surface area contributed by atoms with Gasteiger partial charge < -0.3 is 14.4 Å². The largest absolute Gasteiger partial charge is 0.466 e. The molecule has 1 aliphatic heterocycles. The lowest BCUT2D eigenvalue weighted by Gasteiger charge is -2.21. The SMILES string of the molecule is Cc1cc(C(=O)N2CCCN(CCO)CC2)c(C)o1. The molecule has 1 aromatic heterocycles. The molecule has 19 heavy (non-hydrogen) atoms. The van der Waals surface area contributed by atoms with E-state index in [1.165, 1.54) is 0 Å². The molecule has 1 fully saturated rings. The van der Waals surface area contributed by atoms with Crippen molar-refractivity contribution in [2.24, 2.45) is 0 Å². The zero-order valence-corrected chi connectivity index (χ0v) is 11.7. The van der Waals surface area contributed by atoms with Gasteiger partial charge in [-0.05, 0) is 32.9 Å². The van der Waals surface area contributed by atoms with Crippen LogP contribution >= 0.6 is 0 Å². The van der Waals surface area contributed by atoms with Crippen LogP contribution in [0.1, 0.15) is 28.3 Å². The van der Waals surface area contributed by atoms with Gasteiger partial charge in [0.05, 0.1) is 12.2 Å². The molecule has 1 amide bonds. The van der Waals surface area contributed by atoms with Crippen molar-refractivity contribution in [1.82, 2.24) is 9.80 Å². The summed E-state index contributed by atoms with van der Waals surface area (Å²) in [6.07, 6.45) is 0.946. The van der Waals surface area contributed by atoms with Gasteiger partial charge in [-0.25, -0.2) is 0 Å². The molecule has 0 saturated carbocycles. The molecule has 0 unspecified atom stereocenters. The summed E-state index contributed by atoms with van der Waals surface area (Å²) in [6.45, 7) is 7.79. The molecule has 0 radical (unpaired) electrons. The Hall–Kier alpha value is -1.33. The van der Waals surface area contributed by atoms with Crippen LogP contribution in [0.3, 0.4) is 0 Å². The quantitative estimate of drug-likeness (QED) is 0.888. The summed E-state index contributed by atoms with van der Waals surface area (Å²) in [7, 11) is 0. The Morgan fingerprint density at radius 1 is 1.32 bits per heavy atom. The number of furan rings is 1. The number of amides is 1. The minimum atomic E-state index is 0.0557. The van der Waals surface area contributed by atoms with Crippen LogP contribution in [0, 0.1) is 13.8 Å². The predicted molar refractivity (Wildman–Crippen MR) is 72.2 cm³/mol. The number of carbonyl (C=O) groups excluding carboxylic acids is 1. The number of aryl methyl sites for hydroxylation is 2. The minimum absolute atomic E-state index is 0.0557. The van der Waals surface area contributed by atoms with Crippen molar-refractivity contribution in [1.29, 1.82) is 0 Å². The van der Waals surface area contributed by atoms with E-state index in [-0.39, 0.29) is 12.5 Å². The second-order valence-electron chi connectivity index (χ2n) is 5.04. The summed E-state index contributed by atoms with van der Waals surface area (Å²) in [5, 5.41) is 8.97. The first-order valence-corrected chi connectivity index (χ1v) is 6.81. The topological polar surface area (TPSA) is 56.9 Å². The highest BCUT2D eigenvalue weighted by Crippen LogP contribution is 2.17. The summed E-state index contributed by atoms with van der Waals surface area (Å²) < 4.78 is 5.43. The van der Waals surface area contributed by atoms with Crippen molar-refractivity contribution < 1.29 is 14.3 Å². The van der Waals surface area contributed by atoms with E-state index in [1.54, 1.807) is 0 Å². The minimum Gasteiger partial charge on any atom is -0.466 e. The molecule has 1 N–H and O–H groups in total. The van der Waals surface area contributed by atoms with Crippen molar-refractivity contribution in [3.8, 4) is 0 Å². The van der Waals surface area contributed by atoms with E-state index in [4.69, 9.17) is 9.52 Å². The predicted octanol–water partition coefficient (Wildman–Crippen LogP) is 1.04. The van der Waals surface area contributed by atoms with Gasteiger partial charge in [-0.15, -0.1) is 0 Å². The average Bonchev–Trinajstić information content (AvgIpc) is 2.59. The van der Waals surface area contributed by atoms with Crippen molar-refractivity contribution >= 4 is 5.91 Å². The van der Waals surface area contributed by atoms with Gasteiger partial charge in [0, 0.05) is 26.2 Å². The Labute approximate surface area is 113 Å². The lowest BCUT2D eigenvalue weighted by atomic mass is 10.2. The zero-order valence-electron chi connectivity index (χ0n) is 11.7. The fourth-order valence-electron chi connectivity index (χ4n) is 2.55. The van der Waals surface area contributed by atoms with Gasteiger partial charge in [0.1, 0.15) is 11.5 Å². The van der Waals surface area contributed by atoms with E-state index in [1.807, 2.05) is 24.8 Å². The molecule has 106 valence electrons. The second-order valence-corrected chi connectivity index (χ2v) is 5.04. The van der Waals surface area contributed by atoms with Crippen LogP contribution in [0.25, 0.3) is 0 Å². The Morgan fingerprint density at radius 2 is 2.11 bits per heavy atom. The van der Waals surface area contributed by atoms with E-state index >= 15 is 0 Å². The standard InChI is InChI=1S/C14H22N2O3/c1-11-10-13(12(2)19-11)14(18)16-5-3-4-15(6-7-16)8-9-17/h10,17H,3-9H2,1-2H3. The Kier molecular flexibility index (Phi) is 4.61. The van der Waals surface area contributed by atoms with Crippen molar-refractivity contribution in [3.63, 3.8) is 0 Å². The van der Waals surface area contributed by atoms with Gasteiger partial charge in [0.2, 0.25) is 0 Å². The smallest absolute Gasteiger partial charge is 0.257 e. The first-order valence-electron chi connectivity index (χ1n) is 6.81. The van der Waals surface area contributed by atoms with E-state index in [2.05, 4.69) is 4.90 Å². The fourth-order valence-corrected chi connectivity index (χ4v) is 2.55. The number of nitrogens with zero attached hydrogens (tertiary/aromatic N) is 2. The summed E-state index contributed by atoms with van der Waals surface area (Å²) in [5.41, 5.74) is 0.674. The van der Waals surface area contributed by atoms with Gasteiger partial charge in [-0.1, -0.05) is 0 Å². The molecule has 1 aromatic rings. The van der Waals surface area contributed by atoms with E-state index < -0.39 is 0 Å². The summed E-state index contributed by atoms with van der Waals surface area (Å²) in [4.78, 5) is 16.5. The van der Waals surface area contributed by atoms with Gasteiger partial charge in [0.15, 0.2) is 0 Å². The third-order valence-corrected chi connectivity index (χ3v) is 3.56. The number of β-amino-alcohol motifs (C(OH)–C–C–N with tert-alkyl or cyclic N) is 1. The van der Waals surface area contributed by atoms with Crippen LogP contribution in [-0.2, 0) is 0 Å². The fraction of sp³-hybridized carbons (Fsp3) is 0.643. The lowest BCUT2D eigenvalue weighted by molar-refractivity contribution is 0.0759. The monoisotopic (exact) mass is 266 g/mol. The summed E-state index contributed by atoms with van der Waals surface area (Å²) >= 11 is 0. The maximum absolute atomic E-state index is 12.4. The third-order valence-electron chi connectivity index (χ3n) is 3.56. The number of aliphatic hydroxyl groups excluding tert-OH is 1. The Bertz CT molecular complexity index is 442. The highest BCUT2D eigenvalue weighted by Gasteiger charge is 2.22. The molecule has 0 aliphatic carbocycles. The number of aliphatic hydroxyl groups is 1. The van der Waals surface area contributed by atoms with E-state index in [9.17, 15) is 4.79 Å². The summed E-state index contributed by atoms with van der Waals surface area (Å²) in [6, 6.07) is 1.81. The van der Waals surface area contributed by atoms with Crippen LogP contribution in [0.5, 0.6) is 0 Å². The maximum Gasteiger partial charge on any atom is 0.257 e. The maximum atomic E-state index is 12.4. The van der Waals surface area contributed by atoms with E-state index in [0.29, 0.717) is 24.4 Å². The highest BCUT2D eigenvalue weighted by atomic mass is 16.3. The molecule has 0 aromatic carbocycles. The molecule has 5 heteroatoms. The van der Waals surface area contributed by atoms with Crippen LogP contribution in [0.2, 0.25) is 0 Å². The third kappa shape index (κ3) is 3.36. The average molecular weight is 266 g/mol. The molecule has 1 aliphatic rings. The number of carbonyl (C=O) groups is 1. The zero-order chi connectivity index (χ0) is 13.8.